The Bertz CT molecular complexity index is 1110. The van der Waals surface area contributed by atoms with E-state index in [1.54, 1.807) is 12.3 Å². The third-order valence-corrected chi connectivity index (χ3v) is 6.53. The summed E-state index contributed by atoms with van der Waals surface area (Å²) >= 11 is 1.33. The predicted molar refractivity (Wildman–Crippen MR) is 133 cm³/mol. The van der Waals surface area contributed by atoms with Crippen LogP contribution in [-0.4, -0.2) is 70.1 Å². The lowest BCUT2D eigenvalue weighted by molar-refractivity contribution is -0.119. The molecule has 2 N–H and O–H groups in total. The van der Waals surface area contributed by atoms with Crippen molar-refractivity contribution in [3.63, 3.8) is 0 Å². The lowest BCUT2D eigenvalue weighted by Gasteiger charge is -2.26. The van der Waals surface area contributed by atoms with Crippen LogP contribution in [0.1, 0.15) is 18.9 Å². The minimum atomic E-state index is -0.111. The summed E-state index contributed by atoms with van der Waals surface area (Å²) in [6, 6.07) is 11.1. The van der Waals surface area contributed by atoms with Crippen LogP contribution in [0.25, 0.3) is 11.6 Å². The van der Waals surface area contributed by atoms with Crippen LogP contribution in [0.5, 0.6) is 0 Å². The molecule has 11 heteroatoms. The topological polar surface area (TPSA) is 115 Å². The highest BCUT2D eigenvalue weighted by atomic mass is 32.2. The number of carbonyl (C=O) groups excluding carboxylic acids is 2. The molecule has 0 radical (unpaired) electrons. The molecule has 2 aromatic heterocycles. The van der Waals surface area contributed by atoms with Crippen molar-refractivity contribution < 1.29 is 18.7 Å². The Morgan fingerprint density at radius 2 is 1.97 bits per heavy atom. The monoisotopic (exact) mass is 498 g/mol. The molecule has 2 amide bonds. The molecule has 4 rings (SSSR count). The second-order valence-corrected chi connectivity index (χ2v) is 8.99. The molecule has 3 heterocycles. The summed E-state index contributed by atoms with van der Waals surface area (Å²) in [5, 5.41) is 14.9. The van der Waals surface area contributed by atoms with E-state index >= 15 is 0 Å². The number of morpholine rings is 1. The van der Waals surface area contributed by atoms with Crippen molar-refractivity contribution >= 4 is 29.3 Å². The number of benzene rings is 1. The van der Waals surface area contributed by atoms with Gasteiger partial charge in [-0.1, -0.05) is 23.9 Å². The number of rotatable bonds is 11. The van der Waals surface area contributed by atoms with Gasteiger partial charge in [0, 0.05) is 44.8 Å². The van der Waals surface area contributed by atoms with Crippen molar-refractivity contribution in [2.75, 3.05) is 43.9 Å². The molecule has 3 aromatic rings. The van der Waals surface area contributed by atoms with E-state index in [9.17, 15) is 9.59 Å². The second-order valence-electron chi connectivity index (χ2n) is 8.05. The Morgan fingerprint density at radius 1 is 1.11 bits per heavy atom. The maximum Gasteiger partial charge on any atom is 0.230 e. The molecule has 1 saturated heterocycles. The maximum absolute atomic E-state index is 12.4. The van der Waals surface area contributed by atoms with Crippen LogP contribution in [0.4, 0.5) is 5.69 Å². The van der Waals surface area contributed by atoms with Gasteiger partial charge in [0.25, 0.3) is 0 Å². The van der Waals surface area contributed by atoms with E-state index in [0.29, 0.717) is 36.3 Å². The molecule has 10 nitrogen and oxygen atoms in total. The van der Waals surface area contributed by atoms with Crippen LogP contribution >= 0.6 is 11.8 Å². The van der Waals surface area contributed by atoms with Gasteiger partial charge in [0.1, 0.15) is 0 Å². The molecule has 0 atom stereocenters. The number of ether oxygens (including phenoxy) is 1. The highest BCUT2D eigenvalue weighted by Crippen LogP contribution is 2.24. The van der Waals surface area contributed by atoms with Crippen LogP contribution in [-0.2, 0) is 27.4 Å². The lowest BCUT2D eigenvalue weighted by atomic mass is 10.2. The quantitative estimate of drug-likeness (QED) is 0.388. The van der Waals surface area contributed by atoms with Gasteiger partial charge in [-0.3, -0.25) is 19.1 Å². The standard InChI is InChI=1S/C24H30N6O4S/c1-2-30-23(20-7-4-12-34-20)27-28-24(30)35-17-22(32)25-16-18-5-3-6-19(15-18)26-21(31)8-9-29-10-13-33-14-11-29/h3-7,12,15H,2,8-11,13-14,16-17H2,1H3,(H,25,32)(H,26,31). The summed E-state index contributed by atoms with van der Waals surface area (Å²) in [5.41, 5.74) is 1.63. The number of furan rings is 1. The molecule has 0 bridgehead atoms. The molecule has 0 spiro atoms. The number of anilines is 1. The van der Waals surface area contributed by atoms with E-state index in [0.717, 1.165) is 44.1 Å². The van der Waals surface area contributed by atoms with E-state index in [-0.39, 0.29) is 17.6 Å². The zero-order valence-corrected chi connectivity index (χ0v) is 20.6. The molecule has 1 aliphatic heterocycles. The Hall–Kier alpha value is -3.15. The summed E-state index contributed by atoms with van der Waals surface area (Å²) in [6.45, 7) is 6.92. The summed E-state index contributed by atoms with van der Waals surface area (Å²) in [6.07, 6.45) is 2.03. The zero-order chi connectivity index (χ0) is 24.5. The molecule has 0 aliphatic carbocycles. The van der Waals surface area contributed by atoms with Crippen LogP contribution in [0.15, 0.2) is 52.2 Å². The van der Waals surface area contributed by atoms with E-state index in [1.807, 2.05) is 41.8 Å². The average molecular weight is 499 g/mol. The fraction of sp³-hybridized carbons (Fsp3) is 0.417. The van der Waals surface area contributed by atoms with Crippen LogP contribution in [0, 0.1) is 0 Å². The number of thioether (sulfide) groups is 1. The number of hydrogen-bond donors (Lipinski definition) is 2. The molecule has 0 saturated carbocycles. The summed E-state index contributed by atoms with van der Waals surface area (Å²) < 4.78 is 12.7. The smallest absolute Gasteiger partial charge is 0.230 e. The Labute approximate surface area is 208 Å². The number of nitrogens with zero attached hydrogens (tertiary/aromatic N) is 4. The molecular formula is C24H30N6O4S. The Morgan fingerprint density at radius 3 is 2.74 bits per heavy atom. The number of amides is 2. The summed E-state index contributed by atoms with van der Waals surface area (Å²) in [7, 11) is 0. The first kappa shape index (κ1) is 25.0. The highest BCUT2D eigenvalue weighted by Gasteiger charge is 2.16. The second kappa shape index (κ2) is 12.5. The van der Waals surface area contributed by atoms with Crippen LogP contribution in [0.3, 0.4) is 0 Å². The highest BCUT2D eigenvalue weighted by molar-refractivity contribution is 7.99. The van der Waals surface area contributed by atoms with E-state index in [2.05, 4.69) is 25.7 Å². The van der Waals surface area contributed by atoms with Crippen LogP contribution in [0.2, 0.25) is 0 Å². The molecule has 0 unspecified atom stereocenters. The van der Waals surface area contributed by atoms with Crippen molar-refractivity contribution in [2.45, 2.75) is 31.6 Å². The van der Waals surface area contributed by atoms with Gasteiger partial charge in [-0.25, -0.2) is 0 Å². The molecule has 1 fully saturated rings. The van der Waals surface area contributed by atoms with Crippen molar-refractivity contribution in [2.24, 2.45) is 0 Å². The maximum atomic E-state index is 12.4. The largest absolute Gasteiger partial charge is 0.461 e. The molecule has 1 aromatic carbocycles. The fourth-order valence-electron chi connectivity index (χ4n) is 3.72. The van der Waals surface area contributed by atoms with Gasteiger partial charge >= 0.3 is 0 Å². The zero-order valence-electron chi connectivity index (χ0n) is 19.7. The normalized spacial score (nSPS) is 14.1. The Kier molecular flexibility index (Phi) is 8.93. The minimum Gasteiger partial charge on any atom is -0.461 e. The molecule has 35 heavy (non-hydrogen) atoms. The first-order valence-corrected chi connectivity index (χ1v) is 12.7. The van der Waals surface area contributed by atoms with E-state index < -0.39 is 0 Å². The summed E-state index contributed by atoms with van der Waals surface area (Å²) in [4.78, 5) is 27.0. The number of carbonyl (C=O) groups is 2. The van der Waals surface area contributed by atoms with Crippen molar-refractivity contribution in [1.29, 1.82) is 0 Å². The number of hydrogen-bond acceptors (Lipinski definition) is 8. The van der Waals surface area contributed by atoms with Gasteiger partial charge in [0.2, 0.25) is 11.8 Å². The molecular weight excluding hydrogens is 468 g/mol. The first-order valence-electron chi connectivity index (χ1n) is 11.7. The SMILES string of the molecule is CCn1c(SCC(=O)NCc2cccc(NC(=O)CCN3CCOCC3)c2)nnc1-c1ccco1. The lowest BCUT2D eigenvalue weighted by Crippen LogP contribution is -2.38. The summed E-state index contributed by atoms with van der Waals surface area (Å²) in [5.74, 6) is 1.37. The van der Waals surface area contributed by atoms with Gasteiger partial charge < -0.3 is 19.8 Å². The van der Waals surface area contributed by atoms with Crippen LogP contribution < -0.4 is 10.6 Å². The number of aromatic nitrogens is 3. The molecule has 186 valence electrons. The third kappa shape index (κ3) is 7.17. The molecule has 1 aliphatic rings. The third-order valence-electron chi connectivity index (χ3n) is 5.57. The van der Waals surface area contributed by atoms with Gasteiger partial charge in [-0.2, -0.15) is 0 Å². The Balaban J connectivity index is 1.22. The van der Waals surface area contributed by atoms with Gasteiger partial charge in [0.15, 0.2) is 16.7 Å². The first-order chi connectivity index (χ1) is 17.1. The van der Waals surface area contributed by atoms with Crippen molar-refractivity contribution in [3.05, 3.63) is 48.2 Å². The van der Waals surface area contributed by atoms with E-state index in [1.165, 1.54) is 11.8 Å². The van der Waals surface area contributed by atoms with Gasteiger partial charge in [0.05, 0.1) is 25.2 Å². The van der Waals surface area contributed by atoms with Crippen molar-refractivity contribution in [3.8, 4) is 11.6 Å². The minimum absolute atomic E-state index is 0.0250. The van der Waals surface area contributed by atoms with E-state index in [4.69, 9.17) is 9.15 Å². The fourth-order valence-corrected chi connectivity index (χ4v) is 4.55. The predicted octanol–water partition coefficient (Wildman–Crippen LogP) is 2.63. The number of nitrogens with one attached hydrogen (secondary N) is 2. The van der Waals surface area contributed by atoms with Gasteiger partial charge in [-0.15, -0.1) is 10.2 Å². The van der Waals surface area contributed by atoms with Gasteiger partial charge in [-0.05, 0) is 36.8 Å². The van der Waals surface area contributed by atoms with Crippen molar-refractivity contribution in [1.82, 2.24) is 25.0 Å². The average Bonchev–Trinajstić information content (AvgIpc) is 3.55.